The number of primary amides is 1. The van der Waals surface area contributed by atoms with E-state index in [0.29, 0.717) is 31.7 Å². The van der Waals surface area contributed by atoms with Gasteiger partial charge in [-0.1, -0.05) is 30.3 Å². The van der Waals surface area contributed by atoms with Crippen LogP contribution >= 0.6 is 0 Å². The molecule has 0 spiro atoms. The molecule has 0 saturated carbocycles. The van der Waals surface area contributed by atoms with E-state index in [1.165, 1.54) is 40.9 Å². The topological polar surface area (TPSA) is 126 Å². The first kappa shape index (κ1) is 24.7. The number of nitriles is 1. The Labute approximate surface area is 208 Å². The van der Waals surface area contributed by atoms with E-state index in [1.54, 1.807) is 4.68 Å². The molecule has 10 heteroatoms. The minimum absolute atomic E-state index is 0.149. The van der Waals surface area contributed by atoms with Gasteiger partial charge >= 0.3 is 6.09 Å². The molecular weight excluding hydrogens is 463 g/mol. The maximum Gasteiger partial charge on any atom is 0.409 e. The number of nitrogens with zero attached hydrogens (tertiary/aromatic N) is 4. The Morgan fingerprint density at radius 3 is 2.64 bits per heavy atom. The number of anilines is 2. The molecule has 0 bridgehead atoms. The van der Waals surface area contributed by atoms with Crippen LogP contribution in [0.25, 0.3) is 0 Å². The highest BCUT2D eigenvalue weighted by Crippen LogP contribution is 2.30. The van der Waals surface area contributed by atoms with Crippen LogP contribution in [0.15, 0.2) is 60.8 Å². The van der Waals surface area contributed by atoms with Gasteiger partial charge < -0.3 is 20.7 Å². The van der Waals surface area contributed by atoms with Crippen molar-refractivity contribution in [3.63, 3.8) is 0 Å². The Bertz CT molecular complexity index is 1240. The second kappa shape index (κ2) is 11.4. The molecule has 3 N–H and O–H groups in total. The molecule has 0 unspecified atom stereocenters. The lowest BCUT2D eigenvalue weighted by Crippen LogP contribution is -2.44. The largest absolute Gasteiger partial charge is 0.449 e. The smallest absolute Gasteiger partial charge is 0.409 e. The number of aryl methyl sites for hydroxylation is 1. The summed E-state index contributed by atoms with van der Waals surface area (Å²) in [7, 11) is 0. The summed E-state index contributed by atoms with van der Waals surface area (Å²) >= 11 is 0. The summed E-state index contributed by atoms with van der Waals surface area (Å²) in [5.41, 5.74) is 7.40. The number of benzene rings is 2. The van der Waals surface area contributed by atoms with Crippen molar-refractivity contribution in [2.75, 3.05) is 25.0 Å². The van der Waals surface area contributed by atoms with Crippen LogP contribution in [0, 0.1) is 23.1 Å². The zero-order chi connectivity index (χ0) is 25.5. The highest BCUT2D eigenvalue weighted by molar-refractivity contribution is 5.98. The summed E-state index contributed by atoms with van der Waals surface area (Å²) < 4.78 is 20.2. The fraction of sp³-hybridized carbons (Fsp3) is 0.308. The Hall–Kier alpha value is -4.39. The SMILES string of the molecule is N#C[C@@H]1CN(C(=O)OCCCc2ccccc2)CC[C@@H]1n1cc(C(N)=O)c(Nc2ccc(F)cc2)n1. The summed E-state index contributed by atoms with van der Waals surface area (Å²) in [5.74, 6) is -1.42. The molecule has 1 aromatic heterocycles. The first-order valence-corrected chi connectivity index (χ1v) is 11.7. The summed E-state index contributed by atoms with van der Waals surface area (Å²) in [6.07, 6.45) is 3.03. The van der Waals surface area contributed by atoms with E-state index < -0.39 is 17.9 Å². The summed E-state index contributed by atoms with van der Waals surface area (Å²) in [4.78, 5) is 26.1. The van der Waals surface area contributed by atoms with Gasteiger partial charge in [0.15, 0.2) is 5.82 Å². The van der Waals surface area contributed by atoms with Crippen LogP contribution in [-0.4, -0.2) is 46.4 Å². The van der Waals surface area contributed by atoms with Crippen molar-refractivity contribution in [2.45, 2.75) is 25.3 Å². The zero-order valence-corrected chi connectivity index (χ0v) is 19.6. The number of hydrogen-bond donors (Lipinski definition) is 2. The lowest BCUT2D eigenvalue weighted by Gasteiger charge is -2.34. The molecular formula is C26H27FN6O3. The molecule has 1 aliphatic heterocycles. The maximum atomic E-state index is 13.2. The fourth-order valence-corrected chi connectivity index (χ4v) is 4.22. The molecule has 36 heavy (non-hydrogen) atoms. The Kier molecular flexibility index (Phi) is 7.80. The summed E-state index contributed by atoms with van der Waals surface area (Å²) in [5, 5.41) is 17.2. The number of carbonyl (C=O) groups excluding carboxylic acids is 2. The van der Waals surface area contributed by atoms with Crippen LogP contribution < -0.4 is 11.1 Å². The van der Waals surface area contributed by atoms with Gasteiger partial charge in [0.25, 0.3) is 5.91 Å². The van der Waals surface area contributed by atoms with Crippen LogP contribution in [0.3, 0.4) is 0 Å². The van der Waals surface area contributed by atoms with Gasteiger partial charge in [-0.15, -0.1) is 0 Å². The molecule has 3 aromatic rings. The number of nitrogens with two attached hydrogens (primary N) is 1. The van der Waals surface area contributed by atoms with Crippen molar-refractivity contribution in [1.29, 1.82) is 5.26 Å². The quantitative estimate of drug-likeness (QED) is 0.459. The number of amides is 2. The molecule has 4 rings (SSSR count). The molecule has 2 heterocycles. The average molecular weight is 491 g/mol. The van der Waals surface area contributed by atoms with Gasteiger partial charge in [0.2, 0.25) is 0 Å². The number of rotatable bonds is 8. The number of piperidine rings is 1. The third-order valence-corrected chi connectivity index (χ3v) is 6.12. The number of carbonyl (C=O) groups is 2. The Morgan fingerprint density at radius 1 is 1.19 bits per heavy atom. The normalized spacial score (nSPS) is 17.3. The van der Waals surface area contributed by atoms with E-state index in [9.17, 15) is 19.2 Å². The first-order chi connectivity index (χ1) is 17.4. The Balaban J connectivity index is 1.37. The number of nitrogens with one attached hydrogen (secondary N) is 1. The lowest BCUT2D eigenvalue weighted by molar-refractivity contribution is 0.0772. The number of aromatic nitrogens is 2. The molecule has 9 nitrogen and oxygen atoms in total. The minimum atomic E-state index is -0.684. The molecule has 0 aliphatic carbocycles. The number of hydrogen-bond acceptors (Lipinski definition) is 6. The van der Waals surface area contributed by atoms with Crippen molar-refractivity contribution in [3.8, 4) is 6.07 Å². The van der Waals surface area contributed by atoms with E-state index in [2.05, 4.69) is 16.5 Å². The maximum absolute atomic E-state index is 13.2. The van der Waals surface area contributed by atoms with Crippen molar-refractivity contribution >= 4 is 23.5 Å². The predicted octanol–water partition coefficient (Wildman–Crippen LogP) is 4.02. The van der Waals surface area contributed by atoms with Crippen molar-refractivity contribution in [1.82, 2.24) is 14.7 Å². The Morgan fingerprint density at radius 2 is 1.94 bits per heavy atom. The molecule has 1 fully saturated rings. The van der Waals surface area contributed by atoms with E-state index in [0.717, 1.165) is 6.42 Å². The van der Waals surface area contributed by atoms with E-state index in [1.807, 2.05) is 30.3 Å². The minimum Gasteiger partial charge on any atom is -0.449 e. The molecule has 0 radical (unpaired) electrons. The van der Waals surface area contributed by atoms with E-state index in [-0.39, 0.29) is 29.8 Å². The van der Waals surface area contributed by atoms with Gasteiger partial charge in [0, 0.05) is 25.0 Å². The monoisotopic (exact) mass is 490 g/mol. The van der Waals surface area contributed by atoms with Crippen molar-refractivity contribution < 1.29 is 18.7 Å². The molecule has 2 aromatic carbocycles. The van der Waals surface area contributed by atoms with Crippen LogP contribution in [0.1, 0.15) is 34.8 Å². The fourth-order valence-electron chi connectivity index (χ4n) is 4.22. The molecule has 2 amide bonds. The van der Waals surface area contributed by atoms with Crippen LogP contribution in [0.5, 0.6) is 0 Å². The standard InChI is InChI=1S/C26H27FN6O3/c27-20-8-10-21(11-9-20)30-25-22(24(29)34)17-33(31-25)23-12-13-32(16-19(23)15-28)26(35)36-14-4-7-18-5-2-1-3-6-18/h1-3,5-6,8-11,17,19,23H,4,7,12-14,16H2,(H2,29,34)(H,30,31)/t19-,23+/m1/s1. The summed E-state index contributed by atoms with van der Waals surface area (Å²) in [6.45, 7) is 0.864. The third-order valence-electron chi connectivity index (χ3n) is 6.12. The molecule has 1 aliphatic rings. The first-order valence-electron chi connectivity index (χ1n) is 11.7. The third kappa shape index (κ3) is 5.99. The second-order valence-corrected chi connectivity index (χ2v) is 8.61. The number of likely N-dealkylation sites (tertiary alicyclic amines) is 1. The van der Waals surface area contributed by atoms with Gasteiger partial charge in [-0.25, -0.2) is 9.18 Å². The van der Waals surface area contributed by atoms with Gasteiger partial charge in [0.05, 0.1) is 24.6 Å². The van der Waals surface area contributed by atoms with E-state index >= 15 is 0 Å². The second-order valence-electron chi connectivity index (χ2n) is 8.61. The van der Waals surface area contributed by atoms with Gasteiger partial charge in [-0.2, -0.15) is 10.4 Å². The predicted molar refractivity (Wildman–Crippen MR) is 131 cm³/mol. The van der Waals surface area contributed by atoms with Crippen LogP contribution in [0.4, 0.5) is 20.7 Å². The van der Waals surface area contributed by atoms with Gasteiger partial charge in [-0.3, -0.25) is 9.48 Å². The highest BCUT2D eigenvalue weighted by atomic mass is 19.1. The van der Waals surface area contributed by atoms with Crippen molar-refractivity contribution in [3.05, 3.63) is 77.7 Å². The van der Waals surface area contributed by atoms with Crippen molar-refractivity contribution in [2.24, 2.45) is 11.7 Å². The van der Waals surface area contributed by atoms with E-state index in [4.69, 9.17) is 10.5 Å². The van der Waals surface area contributed by atoms with Gasteiger partial charge in [0.1, 0.15) is 11.4 Å². The van der Waals surface area contributed by atoms with Gasteiger partial charge in [-0.05, 0) is 49.1 Å². The number of halogens is 1. The molecule has 186 valence electrons. The zero-order valence-electron chi connectivity index (χ0n) is 19.6. The highest BCUT2D eigenvalue weighted by Gasteiger charge is 2.34. The summed E-state index contributed by atoms with van der Waals surface area (Å²) in [6, 6.07) is 17.5. The average Bonchev–Trinajstić information content (AvgIpc) is 3.32. The van der Waals surface area contributed by atoms with Crippen LogP contribution in [-0.2, 0) is 11.2 Å². The lowest BCUT2D eigenvalue weighted by atomic mass is 9.94. The van der Waals surface area contributed by atoms with Crippen LogP contribution in [0.2, 0.25) is 0 Å². The molecule has 2 atom stereocenters. The number of ether oxygens (including phenoxy) is 1. The molecule has 1 saturated heterocycles.